The molecule has 0 aliphatic carbocycles. The predicted molar refractivity (Wildman–Crippen MR) is 157 cm³/mol. The van der Waals surface area contributed by atoms with Crippen LogP contribution in [0.5, 0.6) is 0 Å². The van der Waals surface area contributed by atoms with Crippen LogP contribution in [0, 0.1) is 69.2 Å². The molecule has 4 aromatic rings. The third-order valence-electron chi connectivity index (χ3n) is 7.64. The monoisotopic (exact) mass is 522 g/mol. The van der Waals surface area contributed by atoms with Crippen molar-refractivity contribution in [1.82, 2.24) is 0 Å². The third kappa shape index (κ3) is 4.31. The average Bonchev–Trinajstić information content (AvgIpc) is 2.71. The molecule has 0 atom stereocenters. The molecule has 180 valence electrons. The van der Waals surface area contributed by atoms with E-state index in [-0.39, 0.29) is 0 Å². The van der Waals surface area contributed by atoms with Gasteiger partial charge in [0.15, 0.2) is 0 Å². The van der Waals surface area contributed by atoms with Crippen molar-refractivity contribution >= 4 is 30.8 Å². The Balaban J connectivity index is 2.38. The summed E-state index contributed by atoms with van der Waals surface area (Å²) in [7, 11) is 0. The first-order chi connectivity index (χ1) is 16.5. The Bertz CT molecular complexity index is 1210. The topological polar surface area (TPSA) is 0 Å². The van der Waals surface area contributed by atoms with Crippen molar-refractivity contribution in [2.45, 2.75) is 69.2 Å². The van der Waals surface area contributed by atoms with Crippen LogP contribution >= 0.6 is 0 Å². The van der Waals surface area contributed by atoms with Gasteiger partial charge >= 0.3 is 216 Å². The summed E-state index contributed by atoms with van der Waals surface area (Å²) in [5, 5.41) is 0. The second-order valence-electron chi connectivity index (χ2n) is 10.9. The van der Waals surface area contributed by atoms with Crippen molar-refractivity contribution in [3.05, 3.63) is 116 Å². The van der Waals surface area contributed by atoms with Gasteiger partial charge < -0.3 is 0 Å². The normalized spacial score (nSPS) is 11.7. The van der Waals surface area contributed by atoms with Gasteiger partial charge in [0.1, 0.15) is 0 Å². The molecule has 35 heavy (non-hydrogen) atoms. The Kier molecular flexibility index (Phi) is 6.90. The van der Waals surface area contributed by atoms with E-state index >= 15 is 0 Å². The van der Waals surface area contributed by atoms with Gasteiger partial charge in [0, 0.05) is 0 Å². The van der Waals surface area contributed by atoms with E-state index in [4.69, 9.17) is 0 Å². The molecule has 0 nitrogen and oxygen atoms in total. The first-order valence-electron chi connectivity index (χ1n) is 12.8. The molecule has 0 N–H and O–H groups in total. The second kappa shape index (κ2) is 9.47. The molecule has 1 heteroatoms. The summed E-state index contributed by atoms with van der Waals surface area (Å²) in [6.45, 7) is 23.0. The van der Waals surface area contributed by atoms with E-state index in [1.54, 1.807) is 13.2 Å². The minimum atomic E-state index is -3.44. The van der Waals surface area contributed by atoms with Crippen LogP contribution in [0.3, 0.4) is 0 Å². The van der Waals surface area contributed by atoms with Crippen molar-refractivity contribution in [1.29, 1.82) is 0 Å². The SMILES string of the molecule is Cc1cc[c]([Ge]([c]2c(C)cc(C)cc2C)([c]2c(C)cc(C)cc2C)[c]2c(C)cc(C)cc2C)cc1. The summed E-state index contributed by atoms with van der Waals surface area (Å²) in [6, 6.07) is 24.0. The fourth-order valence-corrected chi connectivity index (χ4v) is 20.1. The molecule has 0 heterocycles. The summed E-state index contributed by atoms with van der Waals surface area (Å²) >= 11 is -3.44. The van der Waals surface area contributed by atoms with E-state index < -0.39 is 13.3 Å². The average molecular weight is 521 g/mol. The molecule has 0 aliphatic heterocycles. The quantitative estimate of drug-likeness (QED) is 0.283. The van der Waals surface area contributed by atoms with E-state index in [2.05, 4.69) is 130 Å². The van der Waals surface area contributed by atoms with E-state index in [0.29, 0.717) is 0 Å². The van der Waals surface area contributed by atoms with Crippen molar-refractivity contribution in [3.63, 3.8) is 0 Å². The van der Waals surface area contributed by atoms with Crippen molar-refractivity contribution in [2.24, 2.45) is 0 Å². The first-order valence-corrected chi connectivity index (χ1v) is 17.0. The van der Waals surface area contributed by atoms with E-state index in [0.717, 1.165) is 0 Å². The van der Waals surface area contributed by atoms with Crippen LogP contribution in [-0.2, 0) is 0 Å². The Morgan fingerprint density at radius 3 is 0.857 bits per heavy atom. The molecular formula is C34H40Ge. The van der Waals surface area contributed by atoms with Crippen LogP contribution in [0.1, 0.15) is 55.6 Å². The Morgan fingerprint density at radius 1 is 0.343 bits per heavy atom. The van der Waals surface area contributed by atoms with Gasteiger partial charge in [-0.25, -0.2) is 0 Å². The summed E-state index contributed by atoms with van der Waals surface area (Å²) in [5.74, 6) is 0. The van der Waals surface area contributed by atoms with Crippen LogP contribution in [0.2, 0.25) is 0 Å². The number of hydrogen-bond acceptors (Lipinski definition) is 0. The van der Waals surface area contributed by atoms with Crippen molar-refractivity contribution < 1.29 is 0 Å². The second-order valence-corrected chi connectivity index (χ2v) is 18.4. The van der Waals surface area contributed by atoms with Crippen LogP contribution in [0.25, 0.3) is 0 Å². The fraction of sp³-hybridized carbons (Fsp3) is 0.294. The Morgan fingerprint density at radius 2 is 0.600 bits per heavy atom. The molecule has 4 aromatic carbocycles. The Labute approximate surface area is 215 Å². The zero-order valence-corrected chi connectivity index (χ0v) is 25.4. The minimum absolute atomic E-state index is 1.32. The van der Waals surface area contributed by atoms with Crippen LogP contribution in [-0.4, -0.2) is 13.3 Å². The van der Waals surface area contributed by atoms with E-state index in [1.807, 2.05) is 0 Å². The van der Waals surface area contributed by atoms with E-state index in [1.165, 1.54) is 60.0 Å². The van der Waals surface area contributed by atoms with Gasteiger partial charge in [0.2, 0.25) is 0 Å². The zero-order chi connectivity index (χ0) is 25.7. The molecule has 0 aromatic heterocycles. The molecule has 0 bridgehead atoms. The summed E-state index contributed by atoms with van der Waals surface area (Å²) in [4.78, 5) is 0. The van der Waals surface area contributed by atoms with Crippen molar-refractivity contribution in [2.75, 3.05) is 0 Å². The maximum atomic E-state index is 2.45. The van der Waals surface area contributed by atoms with Gasteiger partial charge in [-0.3, -0.25) is 0 Å². The zero-order valence-electron chi connectivity index (χ0n) is 23.3. The molecule has 0 fully saturated rings. The molecule has 0 amide bonds. The van der Waals surface area contributed by atoms with Crippen molar-refractivity contribution in [3.8, 4) is 0 Å². The molecule has 0 unspecified atom stereocenters. The molecule has 0 spiro atoms. The molecule has 0 radical (unpaired) electrons. The molecule has 0 aliphatic rings. The summed E-state index contributed by atoms with van der Waals surface area (Å²) in [6.07, 6.45) is 0. The third-order valence-corrected chi connectivity index (χ3v) is 19.8. The van der Waals surface area contributed by atoms with Gasteiger partial charge in [0.25, 0.3) is 0 Å². The van der Waals surface area contributed by atoms with Crippen LogP contribution < -0.4 is 17.6 Å². The molecular weight excluding hydrogens is 481 g/mol. The fourth-order valence-electron chi connectivity index (χ4n) is 6.93. The van der Waals surface area contributed by atoms with Crippen LogP contribution in [0.15, 0.2) is 60.7 Å². The number of aryl methyl sites for hydroxylation is 10. The number of benzene rings is 4. The van der Waals surface area contributed by atoms with Gasteiger partial charge in [-0.2, -0.15) is 0 Å². The standard InChI is InChI=1S/C34H40Ge/c1-21-11-13-31(14-12-21)35(32-25(5)15-22(2)16-26(32)6,33-27(7)17-23(3)18-28(33)8)34-29(9)19-24(4)20-30(34)10/h11-20H,1-10H3. The number of hydrogen-bond donors (Lipinski definition) is 0. The van der Waals surface area contributed by atoms with Gasteiger partial charge in [-0.1, -0.05) is 0 Å². The molecule has 4 rings (SSSR count). The molecule has 0 saturated carbocycles. The summed E-state index contributed by atoms with van der Waals surface area (Å²) in [5.41, 5.74) is 13.9. The Hall–Kier alpha value is -2.58. The van der Waals surface area contributed by atoms with Gasteiger partial charge in [-0.15, -0.1) is 0 Å². The first kappa shape index (κ1) is 25.5. The van der Waals surface area contributed by atoms with E-state index in [9.17, 15) is 0 Å². The van der Waals surface area contributed by atoms with Crippen LogP contribution in [0.4, 0.5) is 0 Å². The predicted octanol–water partition coefficient (Wildman–Crippen LogP) is 6.15. The maximum absolute atomic E-state index is 3.44. The number of rotatable bonds is 4. The van der Waals surface area contributed by atoms with Gasteiger partial charge in [0.05, 0.1) is 0 Å². The van der Waals surface area contributed by atoms with Gasteiger partial charge in [-0.05, 0) is 0 Å². The summed E-state index contributed by atoms with van der Waals surface area (Å²) < 4.78 is 6.33. The molecule has 0 saturated heterocycles.